The molecular weight excluding hydrogens is 608 g/mol. The van der Waals surface area contributed by atoms with Crippen molar-refractivity contribution in [3.05, 3.63) is 71.1 Å². The van der Waals surface area contributed by atoms with Crippen molar-refractivity contribution in [1.29, 1.82) is 0 Å². The smallest absolute Gasteiger partial charge is 0.511 e. The molecule has 0 spiro atoms. The van der Waals surface area contributed by atoms with Crippen LogP contribution in [0.4, 0.5) is 9.59 Å². The molecular formula is C29H38N6O9S. The zero-order valence-corrected chi connectivity index (χ0v) is 27.0. The van der Waals surface area contributed by atoms with Gasteiger partial charge < -0.3 is 19.4 Å². The van der Waals surface area contributed by atoms with Gasteiger partial charge in [0.25, 0.3) is 16.3 Å². The molecule has 0 bridgehead atoms. The van der Waals surface area contributed by atoms with E-state index in [4.69, 9.17) is 19.0 Å². The zero-order chi connectivity index (χ0) is 33.4. The Kier molecular flexibility index (Phi) is 11.3. The molecule has 0 saturated heterocycles. The van der Waals surface area contributed by atoms with Crippen molar-refractivity contribution < 1.29 is 42.0 Å². The number of carbonyl (C=O) groups excluding carboxylic acids is 2. The fourth-order valence-corrected chi connectivity index (χ4v) is 4.68. The molecule has 1 N–H and O–H groups in total. The lowest BCUT2D eigenvalue weighted by Gasteiger charge is -2.20. The quantitative estimate of drug-likeness (QED) is 0.0921. The summed E-state index contributed by atoms with van der Waals surface area (Å²) in [5.74, 6) is 0. The summed E-state index contributed by atoms with van der Waals surface area (Å²) in [7, 11) is -4.26. The second-order valence-electron chi connectivity index (χ2n) is 10.8. The molecule has 0 aliphatic rings. The van der Waals surface area contributed by atoms with Crippen LogP contribution in [0, 0.1) is 19.1 Å². The average molecular weight is 647 g/mol. The van der Waals surface area contributed by atoms with Crippen LogP contribution in [0.25, 0.3) is 16.9 Å². The third-order valence-electron chi connectivity index (χ3n) is 5.89. The molecule has 16 heteroatoms. The topological polar surface area (TPSA) is 177 Å². The summed E-state index contributed by atoms with van der Waals surface area (Å²) in [6.45, 7) is 11.4. The molecule has 3 rings (SSSR count). The Hall–Kier alpha value is -4.86. The number of likely N-dealkylation sites (N-methyl/N-ethyl adjacent to an activating group) is 1. The van der Waals surface area contributed by atoms with Crippen molar-refractivity contribution >= 4 is 22.3 Å². The van der Waals surface area contributed by atoms with Gasteiger partial charge in [0.15, 0.2) is 0 Å². The van der Waals surface area contributed by atoms with Gasteiger partial charge in [-0.05, 0) is 71.9 Å². The first-order chi connectivity index (χ1) is 21.1. The minimum Gasteiger partial charge on any atom is -0.569 e. The standard InChI is InChI=1S/C29H38N6O9S/c1-8-33(35(38)32-44-22(4)42-28(37)43-29(5,6)7)17-18-41-27(36)31-45(39,40)25-15-13-24(14-16-25)34-26(19-21(3)30-34)23-11-9-20(2)10-12-23/h9-16,19,22H,8,17-18H2,1-7H3,(H,31,36)/b35-32-. The van der Waals surface area contributed by atoms with Gasteiger partial charge in [0.2, 0.25) is 5.28 Å². The van der Waals surface area contributed by atoms with E-state index in [0.29, 0.717) is 5.69 Å². The lowest BCUT2D eigenvalue weighted by Crippen LogP contribution is -2.37. The Labute approximate surface area is 261 Å². The van der Waals surface area contributed by atoms with Crippen molar-refractivity contribution in [2.24, 2.45) is 5.28 Å². The predicted octanol–water partition coefficient (Wildman–Crippen LogP) is 5.00. The van der Waals surface area contributed by atoms with Gasteiger partial charge in [0.05, 0.1) is 33.5 Å². The molecule has 45 heavy (non-hydrogen) atoms. The van der Waals surface area contributed by atoms with Crippen molar-refractivity contribution in [3.63, 3.8) is 0 Å². The number of nitrogens with one attached hydrogen (secondary N) is 1. The molecule has 0 aliphatic carbocycles. The second-order valence-corrected chi connectivity index (χ2v) is 12.5. The van der Waals surface area contributed by atoms with Crippen LogP contribution in [0.1, 0.15) is 45.9 Å². The normalized spacial score (nSPS) is 12.6. The van der Waals surface area contributed by atoms with Gasteiger partial charge in [0.1, 0.15) is 18.8 Å². The Morgan fingerprint density at radius 3 is 2.36 bits per heavy atom. The molecule has 1 aromatic heterocycles. The SMILES string of the molecule is CCN(CCOC(=O)NS(=O)(=O)c1ccc(-n2nc(C)cc2-c2ccc(C)cc2)cc1)/[N+]([O-])=N/OC(C)OC(=O)OC(C)(C)C. The number of aromatic nitrogens is 2. The summed E-state index contributed by atoms with van der Waals surface area (Å²) in [4.78, 5) is 28.7. The van der Waals surface area contributed by atoms with Crippen LogP contribution < -0.4 is 4.72 Å². The molecule has 244 valence electrons. The Bertz CT molecular complexity index is 1600. The van der Waals surface area contributed by atoms with Gasteiger partial charge in [-0.1, -0.05) is 29.8 Å². The fourth-order valence-electron chi connectivity index (χ4n) is 3.79. The molecule has 2 aromatic carbocycles. The number of hydrogen-bond donors (Lipinski definition) is 1. The van der Waals surface area contributed by atoms with E-state index < -0.39 is 34.2 Å². The number of sulfonamides is 1. The number of hydrazine groups is 1. The van der Waals surface area contributed by atoms with Gasteiger partial charge in [0, 0.05) is 12.5 Å². The summed E-state index contributed by atoms with van der Waals surface area (Å²) in [6.07, 6.45) is -3.46. The summed E-state index contributed by atoms with van der Waals surface area (Å²) < 4.78 is 43.9. The summed E-state index contributed by atoms with van der Waals surface area (Å²) in [5, 5.41) is 21.2. The first kappa shape index (κ1) is 34.6. The molecule has 1 unspecified atom stereocenters. The van der Waals surface area contributed by atoms with Gasteiger partial charge in [-0.25, -0.2) is 27.4 Å². The van der Waals surface area contributed by atoms with Crippen LogP contribution in [-0.2, 0) is 29.1 Å². The summed E-state index contributed by atoms with van der Waals surface area (Å²) in [6, 6.07) is 15.8. The van der Waals surface area contributed by atoms with Crippen LogP contribution >= 0.6 is 0 Å². The number of rotatable bonds is 12. The highest BCUT2D eigenvalue weighted by Crippen LogP contribution is 2.25. The zero-order valence-electron chi connectivity index (χ0n) is 26.2. The van der Waals surface area contributed by atoms with E-state index in [-0.39, 0.29) is 29.6 Å². The maximum absolute atomic E-state index is 12.8. The summed E-state index contributed by atoms with van der Waals surface area (Å²) >= 11 is 0. The molecule has 1 atom stereocenters. The van der Waals surface area contributed by atoms with Gasteiger partial charge in [-0.2, -0.15) is 5.10 Å². The molecule has 0 radical (unpaired) electrons. The molecule has 0 fully saturated rings. The molecule has 1 amide bonds. The maximum atomic E-state index is 12.8. The molecule has 0 aliphatic heterocycles. The summed E-state index contributed by atoms with van der Waals surface area (Å²) in [5.41, 5.74) is 3.55. The second kappa shape index (κ2) is 14.7. The van der Waals surface area contributed by atoms with E-state index in [9.17, 15) is 23.2 Å². The highest BCUT2D eigenvalue weighted by molar-refractivity contribution is 7.90. The third-order valence-corrected chi connectivity index (χ3v) is 7.22. The lowest BCUT2D eigenvalue weighted by atomic mass is 10.1. The monoisotopic (exact) mass is 646 g/mol. The van der Waals surface area contributed by atoms with Crippen LogP contribution in [0.2, 0.25) is 0 Å². The van der Waals surface area contributed by atoms with Crippen LogP contribution in [0.15, 0.2) is 64.8 Å². The molecule has 3 aromatic rings. The van der Waals surface area contributed by atoms with Crippen LogP contribution in [-0.4, -0.2) is 72.0 Å². The number of amides is 1. The number of hydrogen-bond acceptors (Lipinski definition) is 11. The average Bonchev–Trinajstić information content (AvgIpc) is 3.34. The third kappa shape index (κ3) is 10.4. The number of benzene rings is 2. The molecule has 1 heterocycles. The highest BCUT2D eigenvalue weighted by Gasteiger charge is 2.22. The van der Waals surface area contributed by atoms with Crippen molar-refractivity contribution in [2.75, 3.05) is 19.7 Å². The minimum atomic E-state index is -4.26. The fraction of sp³-hybridized carbons (Fsp3) is 0.414. The first-order valence-electron chi connectivity index (χ1n) is 14.0. The lowest BCUT2D eigenvalue weighted by molar-refractivity contribution is -0.712. The largest absolute Gasteiger partial charge is 0.569 e. The highest BCUT2D eigenvalue weighted by atomic mass is 32.2. The van der Waals surface area contributed by atoms with E-state index in [1.807, 2.05) is 48.9 Å². The number of aryl methyl sites for hydroxylation is 2. The van der Waals surface area contributed by atoms with Crippen molar-refractivity contribution in [1.82, 2.24) is 19.5 Å². The minimum absolute atomic E-state index is 0.0832. The Balaban J connectivity index is 1.54. The van der Waals surface area contributed by atoms with Crippen LogP contribution in [0.5, 0.6) is 0 Å². The van der Waals surface area contributed by atoms with Crippen LogP contribution in [0.3, 0.4) is 0 Å². The van der Waals surface area contributed by atoms with E-state index in [1.165, 1.54) is 19.1 Å². The Morgan fingerprint density at radius 1 is 1.11 bits per heavy atom. The van der Waals surface area contributed by atoms with Gasteiger partial charge >= 0.3 is 12.2 Å². The Morgan fingerprint density at radius 2 is 1.76 bits per heavy atom. The van der Waals surface area contributed by atoms with E-state index >= 15 is 0 Å². The molecule has 15 nitrogen and oxygen atoms in total. The van der Waals surface area contributed by atoms with Crippen molar-refractivity contribution in [3.8, 4) is 16.9 Å². The molecule has 0 saturated carbocycles. The van der Waals surface area contributed by atoms with Crippen molar-refractivity contribution in [2.45, 2.75) is 65.3 Å². The first-order valence-corrected chi connectivity index (χ1v) is 15.5. The number of ether oxygens (including phenoxy) is 3. The van der Waals surface area contributed by atoms with E-state index in [2.05, 4.69) is 10.4 Å². The number of nitrogens with zero attached hydrogens (tertiary/aromatic N) is 5. The predicted molar refractivity (Wildman–Crippen MR) is 161 cm³/mol. The van der Waals surface area contributed by atoms with E-state index in [0.717, 1.165) is 27.5 Å². The van der Waals surface area contributed by atoms with Gasteiger partial charge in [-0.3, -0.25) is 4.84 Å². The van der Waals surface area contributed by atoms with Gasteiger partial charge in [-0.15, -0.1) is 5.01 Å². The maximum Gasteiger partial charge on any atom is 0.511 e. The number of carbonyl (C=O) groups is 2. The van der Waals surface area contributed by atoms with E-state index in [1.54, 1.807) is 44.5 Å².